The van der Waals surface area contributed by atoms with Crippen LogP contribution in [0.1, 0.15) is 63.2 Å². The first-order chi connectivity index (χ1) is 24.5. The first kappa shape index (κ1) is 40.6. The Kier molecular flexibility index (Phi) is 16.5. The first-order valence-corrected chi connectivity index (χ1v) is 19.7. The van der Waals surface area contributed by atoms with Crippen LogP contribution in [0.3, 0.4) is 0 Å². The molecule has 51 heavy (non-hydrogen) atoms. The number of aromatic nitrogens is 1. The number of carbonyl (C=O) groups excluding carboxylic acids is 2. The lowest BCUT2D eigenvalue weighted by molar-refractivity contribution is -0.131. The molecule has 4 N–H and O–H groups in total. The van der Waals surface area contributed by atoms with Crippen molar-refractivity contribution in [1.29, 1.82) is 0 Å². The van der Waals surface area contributed by atoms with Crippen LogP contribution >= 0.6 is 11.6 Å². The lowest BCUT2D eigenvalue weighted by Gasteiger charge is -2.37. The van der Waals surface area contributed by atoms with Gasteiger partial charge in [-0.15, -0.1) is 0 Å². The summed E-state index contributed by atoms with van der Waals surface area (Å²) < 4.78 is 51.5. The smallest absolute Gasteiger partial charge is 0.261 e. The van der Waals surface area contributed by atoms with E-state index in [4.69, 9.17) is 30.5 Å². The minimum Gasteiger partial charge on any atom is -0.379 e. The Labute approximate surface area is 306 Å². The summed E-state index contributed by atoms with van der Waals surface area (Å²) >= 11 is 6.16. The molecule has 4 rings (SSSR count). The van der Waals surface area contributed by atoms with Gasteiger partial charge in [0.2, 0.25) is 5.91 Å². The molecule has 3 aromatic rings. The van der Waals surface area contributed by atoms with Crippen LogP contribution in [0.5, 0.6) is 0 Å². The van der Waals surface area contributed by atoms with Crippen molar-refractivity contribution in [3.05, 3.63) is 59.2 Å². The quantitative estimate of drug-likeness (QED) is 0.0944. The number of sulfonamides is 1. The van der Waals surface area contributed by atoms with E-state index in [9.17, 15) is 18.0 Å². The fraction of sp³-hybridized carbons (Fsp3) is 0.568. The second-order valence-electron chi connectivity index (χ2n) is 13.3. The van der Waals surface area contributed by atoms with E-state index in [2.05, 4.69) is 41.1 Å². The van der Waals surface area contributed by atoms with Gasteiger partial charge in [-0.1, -0.05) is 57.0 Å². The van der Waals surface area contributed by atoms with Crippen molar-refractivity contribution in [2.24, 2.45) is 17.8 Å². The van der Waals surface area contributed by atoms with Gasteiger partial charge in [-0.3, -0.25) is 14.3 Å². The largest absolute Gasteiger partial charge is 0.379 e. The zero-order chi connectivity index (χ0) is 36.6. The maximum atomic E-state index is 13.1. The highest BCUT2D eigenvalue weighted by Crippen LogP contribution is 2.35. The van der Waals surface area contributed by atoms with Crippen molar-refractivity contribution in [2.75, 3.05) is 64.1 Å². The van der Waals surface area contributed by atoms with Crippen molar-refractivity contribution in [3.8, 4) is 0 Å². The normalized spacial score (nSPS) is 17.9. The molecule has 0 spiro atoms. The second-order valence-corrected chi connectivity index (χ2v) is 15.4. The lowest BCUT2D eigenvalue weighted by Crippen LogP contribution is -2.38. The van der Waals surface area contributed by atoms with E-state index >= 15 is 0 Å². The molecular formula is C37H53ClN4O8S. The van der Waals surface area contributed by atoms with Crippen LogP contribution in [0, 0.1) is 17.8 Å². The zero-order valence-corrected chi connectivity index (χ0v) is 31.5. The number of anilines is 1. The monoisotopic (exact) mass is 748 g/mol. The molecule has 0 aliphatic heterocycles. The van der Waals surface area contributed by atoms with Gasteiger partial charge in [0.1, 0.15) is 6.61 Å². The number of halogens is 1. The number of fused-ring (bicyclic) bond motifs is 1. The Balaban J connectivity index is 0.982. The Morgan fingerprint density at radius 1 is 0.922 bits per heavy atom. The Morgan fingerprint density at radius 3 is 2.29 bits per heavy atom. The summed E-state index contributed by atoms with van der Waals surface area (Å²) in [6.07, 6.45) is 6.48. The Morgan fingerprint density at radius 2 is 1.59 bits per heavy atom. The topological polar surface area (TPSA) is 157 Å². The maximum Gasteiger partial charge on any atom is 0.261 e. The molecule has 14 heteroatoms. The van der Waals surface area contributed by atoms with Crippen molar-refractivity contribution in [2.45, 2.75) is 63.9 Å². The molecule has 0 saturated heterocycles. The van der Waals surface area contributed by atoms with Gasteiger partial charge in [0.05, 0.1) is 53.7 Å². The molecule has 1 aliphatic carbocycles. The predicted octanol–water partition coefficient (Wildman–Crippen LogP) is 5.78. The summed E-state index contributed by atoms with van der Waals surface area (Å²) in [6.45, 7) is 10.4. The average Bonchev–Trinajstić information content (AvgIpc) is 3.50. The number of H-pyrrole nitrogens is 1. The van der Waals surface area contributed by atoms with Gasteiger partial charge in [-0.2, -0.15) is 0 Å². The summed E-state index contributed by atoms with van der Waals surface area (Å²) in [5.74, 6) is 1.26. The second kappa shape index (κ2) is 20.7. The number of nitrogens with one attached hydrogen (secondary N) is 4. The number of carbonyl (C=O) groups is 2. The molecule has 282 valence electrons. The molecule has 3 atom stereocenters. The third-order valence-corrected chi connectivity index (χ3v) is 10.7. The fourth-order valence-electron chi connectivity index (χ4n) is 6.18. The lowest BCUT2D eigenvalue weighted by atomic mass is 9.75. The number of aromatic amines is 1. The predicted molar refractivity (Wildman–Crippen MR) is 199 cm³/mol. The molecule has 2 aromatic carbocycles. The van der Waals surface area contributed by atoms with Gasteiger partial charge in [-0.05, 0) is 67.7 Å². The van der Waals surface area contributed by atoms with E-state index in [-0.39, 0.29) is 35.0 Å². The third-order valence-electron chi connectivity index (χ3n) is 8.99. The Bertz CT molecular complexity index is 1650. The molecule has 1 fully saturated rings. The number of hydrogen-bond donors (Lipinski definition) is 4. The summed E-state index contributed by atoms with van der Waals surface area (Å²) in [6, 6.07) is 11.0. The molecule has 1 heterocycles. The minimum atomic E-state index is -3.96. The van der Waals surface area contributed by atoms with Crippen molar-refractivity contribution in [1.82, 2.24) is 15.6 Å². The van der Waals surface area contributed by atoms with E-state index in [1.165, 1.54) is 31.0 Å². The van der Waals surface area contributed by atoms with E-state index in [0.717, 1.165) is 6.42 Å². The van der Waals surface area contributed by atoms with E-state index in [0.29, 0.717) is 105 Å². The van der Waals surface area contributed by atoms with Crippen LogP contribution < -0.4 is 15.4 Å². The molecule has 1 saturated carbocycles. The molecule has 2 amide bonds. The van der Waals surface area contributed by atoms with Crippen LogP contribution in [-0.2, 0) is 33.8 Å². The average molecular weight is 749 g/mol. The van der Waals surface area contributed by atoms with Gasteiger partial charge >= 0.3 is 0 Å². The van der Waals surface area contributed by atoms with Gasteiger partial charge in [-0.25, -0.2) is 8.42 Å². The molecule has 0 radical (unpaired) electrons. The van der Waals surface area contributed by atoms with Gasteiger partial charge in [0.25, 0.3) is 15.9 Å². The summed E-state index contributed by atoms with van der Waals surface area (Å²) in [5.41, 5.74) is 1.15. The summed E-state index contributed by atoms with van der Waals surface area (Å²) in [7, 11) is -3.96. The highest BCUT2D eigenvalue weighted by molar-refractivity contribution is 7.92. The van der Waals surface area contributed by atoms with E-state index < -0.39 is 10.0 Å². The molecule has 0 bridgehead atoms. The van der Waals surface area contributed by atoms with Crippen LogP contribution in [0.2, 0.25) is 5.02 Å². The molecule has 1 aromatic heterocycles. The molecule has 1 aliphatic rings. The standard InChI is InChI=1S/C37H53ClN4O8S/c1-26(2)30-13-12-27(3)22-34(30)50-25-35(43)39-14-6-16-47-18-20-49-21-19-48-17-7-15-40-37(44)28-8-4-9-29(23-28)51(45,46)42-33-11-5-10-31-32(38)24-41-36(31)33/h4-5,8-11,23-24,26-27,30,34,41-42H,6-7,12-22,25H2,1-3H3,(H,39,43)(H,40,44)/t27-,30+,34-/m1/s1. The van der Waals surface area contributed by atoms with E-state index in [1.807, 2.05) is 0 Å². The Hall–Kier alpha value is -3.20. The van der Waals surface area contributed by atoms with Gasteiger partial charge in [0.15, 0.2) is 0 Å². The fourth-order valence-corrected chi connectivity index (χ4v) is 7.50. The number of hydrogen-bond acceptors (Lipinski definition) is 8. The number of amides is 2. The number of para-hydroxylation sites is 1. The van der Waals surface area contributed by atoms with Crippen LogP contribution in [0.4, 0.5) is 5.69 Å². The number of benzene rings is 2. The van der Waals surface area contributed by atoms with Crippen molar-refractivity contribution < 1.29 is 37.0 Å². The van der Waals surface area contributed by atoms with Crippen molar-refractivity contribution in [3.63, 3.8) is 0 Å². The molecule has 0 unspecified atom stereocenters. The van der Waals surface area contributed by atoms with E-state index in [1.54, 1.807) is 30.5 Å². The first-order valence-electron chi connectivity index (χ1n) is 17.8. The highest BCUT2D eigenvalue weighted by Gasteiger charge is 2.31. The van der Waals surface area contributed by atoms with Crippen molar-refractivity contribution >= 4 is 50.0 Å². The third kappa shape index (κ3) is 13.1. The SMILES string of the molecule is CC(C)[C@@H]1CC[C@@H](C)C[C@H]1OCC(=O)NCCCOCCOCCOCCCNC(=O)c1cccc(S(=O)(=O)Nc2cccc3c(Cl)c[nH]c23)c1. The maximum absolute atomic E-state index is 13.1. The number of ether oxygens (including phenoxy) is 4. The van der Waals surface area contributed by atoms with Gasteiger partial charge < -0.3 is 34.6 Å². The van der Waals surface area contributed by atoms with Crippen LogP contribution in [0.25, 0.3) is 10.9 Å². The van der Waals surface area contributed by atoms with Crippen LogP contribution in [0.15, 0.2) is 53.6 Å². The summed E-state index contributed by atoms with van der Waals surface area (Å²) in [4.78, 5) is 27.8. The van der Waals surface area contributed by atoms with Gasteiger partial charge in [0, 0.05) is 43.4 Å². The van der Waals surface area contributed by atoms with Crippen LogP contribution in [-0.4, -0.2) is 90.7 Å². The molecule has 12 nitrogen and oxygen atoms in total. The molecular weight excluding hydrogens is 696 g/mol. The minimum absolute atomic E-state index is 0.0348. The summed E-state index contributed by atoms with van der Waals surface area (Å²) in [5, 5.41) is 6.89. The number of rotatable bonds is 22. The zero-order valence-electron chi connectivity index (χ0n) is 29.9. The highest BCUT2D eigenvalue weighted by atomic mass is 35.5.